The van der Waals surface area contributed by atoms with Gasteiger partial charge in [0, 0.05) is 10.2 Å². The molecule has 0 amide bonds. The maximum absolute atomic E-state index is 5.78. The molecule has 0 aliphatic heterocycles. The molecule has 6 nitrogen and oxygen atoms in total. The molecule has 38 heavy (non-hydrogen) atoms. The van der Waals surface area contributed by atoms with Crippen LogP contribution in [0.1, 0.15) is 0 Å². The van der Waals surface area contributed by atoms with E-state index in [-0.39, 0.29) is 0 Å². The van der Waals surface area contributed by atoms with Crippen LogP contribution in [-0.4, -0.2) is 81.5 Å². The Morgan fingerprint density at radius 2 is 0.789 bits per heavy atom. The van der Waals surface area contributed by atoms with Crippen LogP contribution in [0.3, 0.4) is 0 Å². The third kappa shape index (κ3) is 7.25. The number of methoxy groups -OCH3 is 6. The lowest BCUT2D eigenvalue weighted by Gasteiger charge is -2.31. The first-order valence-corrected chi connectivity index (χ1v) is 19.1. The fourth-order valence-electron chi connectivity index (χ4n) is 5.14. The number of hydrogen-bond donors (Lipinski definition) is 0. The summed E-state index contributed by atoms with van der Waals surface area (Å²) in [6.07, 6.45) is 0. The molecule has 0 bridgehead atoms. The molecule has 206 valence electrons. The molecular weight excluding hydrogens is 545 g/mol. The molecule has 0 heterocycles. The number of ether oxygens (including phenoxy) is 6. The van der Waals surface area contributed by atoms with Crippen molar-refractivity contribution in [2.45, 2.75) is 23.2 Å². The first kappa shape index (κ1) is 29.9. The van der Waals surface area contributed by atoms with Gasteiger partial charge < -0.3 is 28.4 Å². The predicted octanol–water partition coefficient (Wildman–Crippen LogP) is 0.300. The summed E-state index contributed by atoms with van der Waals surface area (Å²) < 4.78 is 34.1. The normalized spacial score (nSPS) is 13.4. The van der Waals surface area contributed by atoms with Gasteiger partial charge in [-0.15, -0.1) is 0 Å². The highest BCUT2D eigenvalue weighted by Gasteiger charge is 2.27. The Kier molecular flexibility index (Phi) is 11.4. The van der Waals surface area contributed by atoms with Gasteiger partial charge >= 0.3 is 0 Å². The molecule has 0 radical (unpaired) electrons. The highest BCUT2D eigenvalue weighted by molar-refractivity contribution is 6.61. The average molecular weight is 587 g/mol. The molecule has 0 aromatic heterocycles. The van der Waals surface area contributed by atoms with E-state index in [1.54, 1.807) is 42.7 Å². The molecule has 0 N–H and O–H groups in total. The van der Waals surface area contributed by atoms with E-state index in [0.717, 1.165) is 44.7 Å². The second-order valence-electron chi connectivity index (χ2n) is 9.77. The van der Waals surface area contributed by atoms with E-state index in [1.807, 2.05) is 18.2 Å². The molecule has 0 saturated carbocycles. The van der Waals surface area contributed by atoms with Crippen molar-refractivity contribution in [2.75, 3.05) is 42.7 Å². The van der Waals surface area contributed by atoms with Crippen molar-refractivity contribution in [1.82, 2.24) is 0 Å². The summed E-state index contributed by atoms with van der Waals surface area (Å²) in [6.45, 7) is 0. The molecule has 0 saturated heterocycles. The third-order valence-electron chi connectivity index (χ3n) is 7.45. The van der Waals surface area contributed by atoms with Crippen LogP contribution in [0.25, 0.3) is 0 Å². The van der Waals surface area contributed by atoms with E-state index in [1.165, 1.54) is 33.7 Å². The first-order chi connectivity index (χ1) is 18.4. The fourth-order valence-corrected chi connectivity index (χ4v) is 15.5. The summed E-state index contributed by atoms with van der Waals surface area (Å²) in [5.41, 5.74) is 0. The van der Waals surface area contributed by atoms with Crippen molar-refractivity contribution in [3.63, 3.8) is 0 Å². The van der Waals surface area contributed by atoms with E-state index in [9.17, 15) is 0 Å². The molecule has 3 aromatic carbocycles. The Morgan fingerprint density at radius 3 is 1.03 bits per heavy atom. The number of para-hydroxylation sites is 3. The minimum atomic E-state index is -0.578. The minimum Gasteiger partial charge on any atom is -0.493 e. The zero-order valence-corrected chi connectivity index (χ0v) is 30.1. The largest absolute Gasteiger partial charge is 0.493 e. The maximum Gasteiger partial charge on any atom is 0.160 e. The molecule has 0 aliphatic rings. The van der Waals surface area contributed by atoms with E-state index in [2.05, 4.69) is 36.4 Å². The number of benzene rings is 3. The van der Waals surface area contributed by atoms with Gasteiger partial charge in [0.15, 0.2) is 34.5 Å². The van der Waals surface area contributed by atoms with E-state index in [0.29, 0.717) is 5.04 Å². The molecule has 10 heteroatoms. The monoisotopic (exact) mass is 586 g/mol. The maximum atomic E-state index is 5.78. The van der Waals surface area contributed by atoms with Crippen LogP contribution < -0.4 is 44.0 Å². The van der Waals surface area contributed by atoms with Crippen molar-refractivity contribution in [3.8, 4) is 34.5 Å². The van der Waals surface area contributed by atoms with E-state index >= 15 is 0 Å². The molecular formula is C28H42O6Si4. The summed E-state index contributed by atoms with van der Waals surface area (Å²) in [7, 11) is 9.76. The van der Waals surface area contributed by atoms with Gasteiger partial charge in [-0.25, -0.2) is 0 Å². The van der Waals surface area contributed by atoms with Gasteiger partial charge in [-0.2, -0.15) is 0 Å². The van der Waals surface area contributed by atoms with E-state index in [4.69, 9.17) is 28.4 Å². The highest BCUT2D eigenvalue weighted by atomic mass is 28.2. The van der Waals surface area contributed by atoms with Gasteiger partial charge in [0.2, 0.25) is 0 Å². The van der Waals surface area contributed by atoms with Crippen LogP contribution in [0, 0.1) is 0 Å². The molecule has 0 atom stereocenters. The van der Waals surface area contributed by atoms with Crippen LogP contribution in [0.5, 0.6) is 34.5 Å². The Bertz CT molecular complexity index is 1050. The van der Waals surface area contributed by atoms with Crippen molar-refractivity contribution >= 4 is 54.4 Å². The number of rotatable bonds is 15. The molecule has 0 fully saturated rings. The van der Waals surface area contributed by atoms with Crippen molar-refractivity contribution < 1.29 is 28.4 Å². The molecule has 0 aliphatic carbocycles. The van der Waals surface area contributed by atoms with Gasteiger partial charge in [0.05, 0.1) is 71.2 Å². The Hall–Kier alpha value is -2.67. The summed E-state index contributed by atoms with van der Waals surface area (Å²) in [5, 5.41) is 4.37. The van der Waals surface area contributed by atoms with Crippen LogP contribution in [0.4, 0.5) is 0 Å². The molecule has 3 rings (SSSR count). The summed E-state index contributed by atoms with van der Waals surface area (Å²) in [5.74, 6) is 5.18. The minimum absolute atomic E-state index is 0.348. The van der Waals surface area contributed by atoms with Crippen molar-refractivity contribution in [1.29, 1.82) is 0 Å². The van der Waals surface area contributed by atoms with Gasteiger partial charge in [0.1, 0.15) is 0 Å². The van der Waals surface area contributed by atoms with E-state index < -0.39 is 28.6 Å². The molecule has 0 unspecified atom stereocenters. The second kappa shape index (κ2) is 14.5. The Balaban J connectivity index is 1.87. The first-order valence-electron chi connectivity index (χ1n) is 13.0. The quantitative estimate of drug-likeness (QED) is 0.239. The van der Waals surface area contributed by atoms with Crippen LogP contribution in [-0.2, 0) is 0 Å². The van der Waals surface area contributed by atoms with Crippen LogP contribution in [0.15, 0.2) is 54.6 Å². The Labute approximate surface area is 237 Å². The van der Waals surface area contributed by atoms with Gasteiger partial charge in [-0.1, -0.05) is 59.6 Å². The lowest BCUT2D eigenvalue weighted by Crippen LogP contribution is -2.30. The second-order valence-corrected chi connectivity index (χ2v) is 17.2. The Morgan fingerprint density at radius 1 is 0.500 bits per heavy atom. The lowest BCUT2D eigenvalue weighted by atomic mass is 10.2. The molecule has 0 spiro atoms. The van der Waals surface area contributed by atoms with Crippen LogP contribution >= 0.6 is 0 Å². The summed E-state index contributed by atoms with van der Waals surface area (Å²) in [6, 6.07) is 22.6. The van der Waals surface area contributed by atoms with Crippen molar-refractivity contribution in [3.05, 3.63) is 54.6 Å². The average Bonchev–Trinajstić information content (AvgIpc) is 2.96. The highest BCUT2D eigenvalue weighted by Crippen LogP contribution is 2.38. The molecule has 3 aromatic rings. The topological polar surface area (TPSA) is 55.4 Å². The SMILES string of the molecule is COc1cccc([SiH2]CC([SiH3])(C[SiH2]c2cccc(OC)c2OC)C[SiH2]c2cccc(OC)c2OC)c1OC. The number of hydrogen-bond acceptors (Lipinski definition) is 6. The summed E-state index contributed by atoms with van der Waals surface area (Å²) in [4.78, 5) is 0. The predicted molar refractivity (Wildman–Crippen MR) is 170 cm³/mol. The third-order valence-corrected chi connectivity index (χ3v) is 19.6. The lowest BCUT2D eigenvalue weighted by molar-refractivity contribution is 0.357. The summed E-state index contributed by atoms with van der Waals surface area (Å²) >= 11 is 0. The standard InChI is InChI=1S/C28H42O6Si4/c1-29-19-10-7-13-22(25(19)32-4)36-16-28(35,17-37-23-14-8-11-20(30-2)26(23)33-5)18-38-24-15-9-12-21(31-3)27(24)34-6/h7-15H,16-18,36-38H2,1-6,35H3. The van der Waals surface area contributed by atoms with Gasteiger partial charge in [0.25, 0.3) is 0 Å². The zero-order chi connectivity index (χ0) is 27.5. The van der Waals surface area contributed by atoms with Gasteiger partial charge in [-0.05, 0) is 33.8 Å². The zero-order valence-electron chi connectivity index (χ0n) is 23.9. The fraction of sp³-hybridized carbons (Fsp3) is 0.357. The van der Waals surface area contributed by atoms with Crippen LogP contribution in [0.2, 0.25) is 23.2 Å². The van der Waals surface area contributed by atoms with Crippen molar-refractivity contribution in [2.24, 2.45) is 0 Å². The smallest absolute Gasteiger partial charge is 0.160 e. The van der Waals surface area contributed by atoms with Gasteiger partial charge in [-0.3, -0.25) is 0 Å².